The van der Waals surface area contributed by atoms with Crippen LogP contribution in [0, 0.1) is 11.3 Å². The predicted molar refractivity (Wildman–Crippen MR) is 75.6 cm³/mol. The molecule has 3 nitrogen and oxygen atoms in total. The lowest BCUT2D eigenvalue weighted by molar-refractivity contribution is 0.134. The van der Waals surface area contributed by atoms with Crippen LogP contribution in [0.3, 0.4) is 0 Å². The summed E-state index contributed by atoms with van der Waals surface area (Å²) in [5, 5.41) is 0. The molecule has 0 aromatic heterocycles. The Hall–Kier alpha value is -0.120. The van der Waals surface area contributed by atoms with Crippen molar-refractivity contribution in [2.24, 2.45) is 17.1 Å². The molecule has 2 heterocycles. The van der Waals surface area contributed by atoms with Gasteiger partial charge >= 0.3 is 0 Å². The summed E-state index contributed by atoms with van der Waals surface area (Å²) in [5.41, 5.74) is 6.42. The summed E-state index contributed by atoms with van der Waals surface area (Å²) in [4.78, 5) is 5.36. The summed E-state index contributed by atoms with van der Waals surface area (Å²) in [7, 11) is 0. The molecule has 0 aromatic carbocycles. The highest BCUT2D eigenvalue weighted by Crippen LogP contribution is 2.45. The molecule has 0 atom stereocenters. The fourth-order valence-electron chi connectivity index (χ4n) is 3.74. The zero-order chi connectivity index (χ0) is 12.4. The third-order valence-corrected chi connectivity index (χ3v) is 5.37. The molecule has 2 saturated heterocycles. The van der Waals surface area contributed by atoms with E-state index in [9.17, 15) is 0 Å². The number of hydrogen-bond acceptors (Lipinski definition) is 3. The molecule has 3 heteroatoms. The SMILES string of the molecule is NCC1(CN2CCC(CN3CCCC3)CC2)CC1. The molecule has 104 valence electrons. The zero-order valence-corrected chi connectivity index (χ0v) is 11.7. The maximum Gasteiger partial charge on any atom is 0.00501 e. The number of piperidine rings is 1. The van der Waals surface area contributed by atoms with Crippen LogP contribution in [0.15, 0.2) is 0 Å². The highest BCUT2D eigenvalue weighted by Gasteiger charge is 2.42. The van der Waals surface area contributed by atoms with Crippen molar-refractivity contribution in [3.8, 4) is 0 Å². The molecule has 3 fully saturated rings. The Morgan fingerprint density at radius 1 is 0.944 bits per heavy atom. The van der Waals surface area contributed by atoms with E-state index in [1.165, 1.54) is 77.8 Å². The maximum atomic E-state index is 5.89. The van der Waals surface area contributed by atoms with Gasteiger partial charge in [0.2, 0.25) is 0 Å². The van der Waals surface area contributed by atoms with E-state index in [4.69, 9.17) is 5.73 Å². The molecule has 1 saturated carbocycles. The smallest absolute Gasteiger partial charge is 0.00501 e. The summed E-state index contributed by atoms with van der Waals surface area (Å²) in [6.45, 7) is 8.91. The van der Waals surface area contributed by atoms with Gasteiger partial charge in [0.25, 0.3) is 0 Å². The van der Waals surface area contributed by atoms with Crippen molar-refractivity contribution in [1.82, 2.24) is 9.80 Å². The Morgan fingerprint density at radius 2 is 1.61 bits per heavy atom. The van der Waals surface area contributed by atoms with Crippen LogP contribution in [0.4, 0.5) is 0 Å². The third kappa shape index (κ3) is 3.06. The van der Waals surface area contributed by atoms with Gasteiger partial charge < -0.3 is 15.5 Å². The van der Waals surface area contributed by atoms with Gasteiger partial charge in [-0.05, 0) is 82.6 Å². The molecule has 3 aliphatic rings. The van der Waals surface area contributed by atoms with Crippen molar-refractivity contribution >= 4 is 0 Å². The second-order valence-electron chi connectivity index (χ2n) is 6.93. The number of likely N-dealkylation sites (tertiary alicyclic amines) is 2. The summed E-state index contributed by atoms with van der Waals surface area (Å²) < 4.78 is 0. The zero-order valence-electron chi connectivity index (χ0n) is 11.7. The predicted octanol–water partition coefficient (Wildman–Crippen LogP) is 1.53. The van der Waals surface area contributed by atoms with E-state index < -0.39 is 0 Å². The Labute approximate surface area is 112 Å². The van der Waals surface area contributed by atoms with E-state index in [-0.39, 0.29) is 0 Å². The number of nitrogens with two attached hydrogens (primary N) is 1. The van der Waals surface area contributed by atoms with Gasteiger partial charge in [0.15, 0.2) is 0 Å². The molecule has 3 rings (SSSR count). The number of hydrogen-bond donors (Lipinski definition) is 1. The fraction of sp³-hybridized carbons (Fsp3) is 1.00. The molecule has 0 radical (unpaired) electrons. The second-order valence-corrected chi connectivity index (χ2v) is 6.93. The molecule has 0 spiro atoms. The van der Waals surface area contributed by atoms with E-state index >= 15 is 0 Å². The van der Waals surface area contributed by atoms with Crippen LogP contribution in [-0.4, -0.2) is 55.6 Å². The van der Waals surface area contributed by atoms with Crippen molar-refractivity contribution in [3.63, 3.8) is 0 Å². The molecule has 1 aliphatic carbocycles. The molecule has 0 amide bonds. The lowest BCUT2D eigenvalue weighted by atomic mass is 9.95. The van der Waals surface area contributed by atoms with E-state index in [2.05, 4.69) is 9.80 Å². The van der Waals surface area contributed by atoms with E-state index in [0.717, 1.165) is 12.5 Å². The molecule has 2 N–H and O–H groups in total. The van der Waals surface area contributed by atoms with Gasteiger partial charge in [-0.25, -0.2) is 0 Å². The minimum atomic E-state index is 0.530. The molecule has 2 aliphatic heterocycles. The second kappa shape index (κ2) is 5.48. The summed E-state index contributed by atoms with van der Waals surface area (Å²) in [6, 6.07) is 0. The maximum absolute atomic E-state index is 5.89. The van der Waals surface area contributed by atoms with Crippen LogP contribution in [0.1, 0.15) is 38.5 Å². The first-order valence-corrected chi connectivity index (χ1v) is 7.94. The van der Waals surface area contributed by atoms with Crippen molar-refractivity contribution in [3.05, 3.63) is 0 Å². The summed E-state index contributed by atoms with van der Waals surface area (Å²) in [5.74, 6) is 0.965. The molecule has 0 unspecified atom stereocenters. The standard InChI is InChI=1S/C15H29N3/c16-12-15(5-6-15)13-18-9-3-14(4-10-18)11-17-7-1-2-8-17/h14H,1-13,16H2. The van der Waals surface area contributed by atoms with Crippen molar-refractivity contribution < 1.29 is 0 Å². The Balaban J connectivity index is 1.38. The molecular weight excluding hydrogens is 222 g/mol. The highest BCUT2D eigenvalue weighted by molar-refractivity contribution is 4.97. The number of nitrogens with zero attached hydrogens (tertiary/aromatic N) is 2. The first-order valence-electron chi connectivity index (χ1n) is 7.94. The Morgan fingerprint density at radius 3 is 2.17 bits per heavy atom. The quantitative estimate of drug-likeness (QED) is 0.804. The minimum Gasteiger partial charge on any atom is -0.330 e. The minimum absolute atomic E-state index is 0.530. The van der Waals surface area contributed by atoms with Crippen LogP contribution in [0.2, 0.25) is 0 Å². The normalized spacial score (nSPS) is 29.8. The van der Waals surface area contributed by atoms with E-state index in [1.807, 2.05) is 0 Å². The molecule has 0 aromatic rings. The molecule has 18 heavy (non-hydrogen) atoms. The van der Waals surface area contributed by atoms with Gasteiger partial charge in [-0.2, -0.15) is 0 Å². The molecular formula is C15H29N3. The number of rotatable bonds is 5. The van der Waals surface area contributed by atoms with Crippen LogP contribution in [0.25, 0.3) is 0 Å². The van der Waals surface area contributed by atoms with Crippen LogP contribution >= 0.6 is 0 Å². The van der Waals surface area contributed by atoms with Crippen LogP contribution in [-0.2, 0) is 0 Å². The monoisotopic (exact) mass is 251 g/mol. The van der Waals surface area contributed by atoms with Gasteiger partial charge in [0.1, 0.15) is 0 Å². The lowest BCUT2D eigenvalue weighted by Crippen LogP contribution is -2.41. The van der Waals surface area contributed by atoms with Gasteiger partial charge in [-0.1, -0.05) is 0 Å². The van der Waals surface area contributed by atoms with E-state index in [1.54, 1.807) is 0 Å². The molecule has 0 bridgehead atoms. The summed E-state index contributed by atoms with van der Waals surface area (Å²) >= 11 is 0. The topological polar surface area (TPSA) is 32.5 Å². The Bertz CT molecular complexity index is 261. The van der Waals surface area contributed by atoms with Crippen molar-refractivity contribution in [2.75, 3.05) is 45.8 Å². The van der Waals surface area contributed by atoms with Gasteiger partial charge in [-0.15, -0.1) is 0 Å². The third-order valence-electron chi connectivity index (χ3n) is 5.37. The van der Waals surface area contributed by atoms with E-state index in [0.29, 0.717) is 5.41 Å². The fourth-order valence-corrected chi connectivity index (χ4v) is 3.74. The largest absolute Gasteiger partial charge is 0.330 e. The van der Waals surface area contributed by atoms with Crippen LogP contribution < -0.4 is 5.73 Å². The lowest BCUT2D eigenvalue weighted by Gasteiger charge is -2.35. The summed E-state index contributed by atoms with van der Waals surface area (Å²) in [6.07, 6.45) is 8.43. The first kappa shape index (κ1) is 12.9. The average Bonchev–Trinajstić information content (AvgIpc) is 2.98. The van der Waals surface area contributed by atoms with Crippen LogP contribution in [0.5, 0.6) is 0 Å². The van der Waals surface area contributed by atoms with Gasteiger partial charge in [0.05, 0.1) is 0 Å². The Kier molecular flexibility index (Phi) is 3.92. The van der Waals surface area contributed by atoms with Gasteiger partial charge in [0, 0.05) is 13.1 Å². The van der Waals surface area contributed by atoms with Gasteiger partial charge in [-0.3, -0.25) is 0 Å². The van der Waals surface area contributed by atoms with Crippen molar-refractivity contribution in [1.29, 1.82) is 0 Å². The van der Waals surface area contributed by atoms with Crippen molar-refractivity contribution in [2.45, 2.75) is 38.5 Å². The average molecular weight is 251 g/mol. The highest BCUT2D eigenvalue weighted by atomic mass is 15.2. The first-order chi connectivity index (χ1) is 8.80.